The van der Waals surface area contributed by atoms with E-state index in [9.17, 15) is 13.6 Å². The lowest BCUT2D eigenvalue weighted by atomic mass is 9.89. The van der Waals surface area contributed by atoms with E-state index in [1.807, 2.05) is 13.0 Å². The Balaban J connectivity index is 1.43. The van der Waals surface area contributed by atoms with Crippen molar-refractivity contribution in [3.8, 4) is 17.0 Å². The van der Waals surface area contributed by atoms with Crippen molar-refractivity contribution in [3.63, 3.8) is 0 Å². The molecule has 0 unspecified atom stereocenters. The van der Waals surface area contributed by atoms with Crippen molar-refractivity contribution in [3.05, 3.63) is 76.4 Å². The van der Waals surface area contributed by atoms with Crippen LogP contribution in [0.3, 0.4) is 0 Å². The van der Waals surface area contributed by atoms with E-state index < -0.39 is 37.0 Å². The molecule has 0 fully saturated rings. The average molecular weight is 506 g/mol. The van der Waals surface area contributed by atoms with Crippen molar-refractivity contribution in [2.45, 2.75) is 50.3 Å². The fourth-order valence-corrected chi connectivity index (χ4v) is 6.08. The molecule has 188 valence electrons. The fraction of sp³-hybridized carbons (Fsp3) is 0.333. The van der Waals surface area contributed by atoms with Crippen LogP contribution in [0.25, 0.3) is 16.9 Å². The molecule has 1 aliphatic heterocycles. The normalized spacial score (nSPS) is 25.4. The Labute approximate surface area is 215 Å². The smallest absolute Gasteiger partial charge is 0.387 e. The molecule has 2 N–H and O–H groups in total. The van der Waals surface area contributed by atoms with Crippen molar-refractivity contribution < 1.29 is 22.4 Å². The first-order valence-electron chi connectivity index (χ1n) is 13.5. The van der Waals surface area contributed by atoms with E-state index >= 15 is 0 Å². The molecule has 8 nitrogen and oxygen atoms in total. The minimum absolute atomic E-state index is 0.00980. The first-order valence-corrected chi connectivity index (χ1v) is 12.0. The molecular formula is C27H24F2N6O2. The van der Waals surface area contributed by atoms with Crippen LogP contribution in [-0.2, 0) is 12.0 Å². The molecule has 0 saturated heterocycles. The second-order valence-electron chi connectivity index (χ2n) is 10.1. The molecule has 0 radical (unpaired) electrons. The van der Waals surface area contributed by atoms with Crippen LogP contribution in [0.1, 0.15) is 74.3 Å². The number of ether oxygens (including phenoxy) is 1. The van der Waals surface area contributed by atoms with Gasteiger partial charge in [-0.25, -0.2) is 9.50 Å². The lowest BCUT2D eigenvalue weighted by Crippen LogP contribution is -2.30. The largest absolute Gasteiger partial charge is 0.434 e. The predicted molar refractivity (Wildman–Crippen MR) is 130 cm³/mol. The topological polar surface area (TPSA) is 98.6 Å². The maximum absolute atomic E-state index is 13.6. The number of hydrogen-bond acceptors (Lipinski definition) is 6. The van der Waals surface area contributed by atoms with Gasteiger partial charge in [-0.3, -0.25) is 9.78 Å². The van der Waals surface area contributed by atoms with Gasteiger partial charge in [0, 0.05) is 51.7 Å². The number of alkyl halides is 2. The monoisotopic (exact) mass is 505 g/mol. The lowest BCUT2D eigenvalue weighted by molar-refractivity contribution is -0.0505. The van der Waals surface area contributed by atoms with Gasteiger partial charge in [-0.05, 0) is 56.0 Å². The SMILES string of the molecule is [2H]C([2H])([2H])N1C(=O)c2cccc(OC(F)F)c2[C@H]2C[C@@H]1c1nn3ccc(-c4cnc5c(c4)CC[C@@]5(C)N)nc3c12. The molecule has 2 aliphatic carbocycles. The minimum Gasteiger partial charge on any atom is -0.434 e. The Kier molecular flexibility index (Phi) is 3.92. The molecule has 2 bridgehead atoms. The van der Waals surface area contributed by atoms with Crippen LogP contribution in [0.4, 0.5) is 8.78 Å². The Morgan fingerprint density at radius 1 is 1.30 bits per heavy atom. The molecule has 3 aromatic heterocycles. The molecule has 7 rings (SSSR count). The van der Waals surface area contributed by atoms with Crippen molar-refractivity contribution >= 4 is 11.6 Å². The first kappa shape index (κ1) is 19.2. The van der Waals surface area contributed by atoms with Crippen molar-refractivity contribution in [1.29, 1.82) is 0 Å². The van der Waals surface area contributed by atoms with E-state index in [-0.39, 0.29) is 23.3 Å². The summed E-state index contributed by atoms with van der Waals surface area (Å²) in [5.41, 5.74) is 10.9. The van der Waals surface area contributed by atoms with E-state index in [4.69, 9.17) is 19.6 Å². The first-order chi connectivity index (χ1) is 18.9. The zero-order valence-electron chi connectivity index (χ0n) is 22.8. The molecule has 1 amide bonds. The van der Waals surface area contributed by atoms with Crippen LogP contribution in [0, 0.1) is 0 Å². The number of hydrogen-bond donors (Lipinski definition) is 1. The molecule has 0 saturated carbocycles. The van der Waals surface area contributed by atoms with E-state index in [0.717, 1.165) is 34.6 Å². The summed E-state index contributed by atoms with van der Waals surface area (Å²) in [5, 5.41) is 4.64. The fourth-order valence-electron chi connectivity index (χ4n) is 6.08. The molecule has 4 heterocycles. The van der Waals surface area contributed by atoms with Gasteiger partial charge in [-0.15, -0.1) is 0 Å². The quantitative estimate of drug-likeness (QED) is 0.449. The maximum atomic E-state index is 13.6. The summed E-state index contributed by atoms with van der Waals surface area (Å²) in [5.74, 6) is -1.60. The van der Waals surface area contributed by atoms with Gasteiger partial charge in [-0.1, -0.05) is 6.07 Å². The number of nitrogens with two attached hydrogens (primary N) is 1. The van der Waals surface area contributed by atoms with E-state index in [2.05, 4.69) is 10.1 Å². The van der Waals surface area contributed by atoms with Gasteiger partial charge in [0.05, 0.1) is 28.7 Å². The second-order valence-corrected chi connectivity index (χ2v) is 10.1. The van der Waals surface area contributed by atoms with Gasteiger partial charge in [0.2, 0.25) is 0 Å². The second kappa shape index (κ2) is 7.55. The Hall–Kier alpha value is -3.92. The van der Waals surface area contributed by atoms with Crippen LogP contribution in [0.5, 0.6) is 5.75 Å². The summed E-state index contributed by atoms with van der Waals surface area (Å²) in [4.78, 5) is 23.9. The summed E-state index contributed by atoms with van der Waals surface area (Å²) < 4.78 is 57.6. The number of rotatable bonds is 3. The highest BCUT2D eigenvalue weighted by Gasteiger charge is 2.46. The van der Waals surface area contributed by atoms with Gasteiger partial charge in [0.1, 0.15) is 5.75 Å². The van der Waals surface area contributed by atoms with Crippen molar-refractivity contribution in [1.82, 2.24) is 24.5 Å². The average Bonchev–Trinajstić information content (AvgIpc) is 3.49. The standard InChI is InChI=1S/C27H24F2N6O2/c1-27(30)8-6-13-10-14(12-31-23(13)27)17-7-9-35-24(32-17)21-16-11-18(22(21)33-35)34(2)25(36)15-4-3-5-19(20(15)16)37-26(28)29/h3-5,7,9-10,12,16,18,26H,6,8,11,30H2,1-2H3/t16-,18-,27-/m1/s1/i2D3. The number of aromatic nitrogens is 4. The summed E-state index contributed by atoms with van der Waals surface area (Å²) in [6.07, 6.45) is 5.20. The maximum Gasteiger partial charge on any atom is 0.387 e. The summed E-state index contributed by atoms with van der Waals surface area (Å²) >= 11 is 0. The predicted octanol–water partition coefficient (Wildman–Crippen LogP) is 4.18. The molecule has 3 aliphatic rings. The number of benzene rings is 1. The molecule has 10 heteroatoms. The number of fused-ring (bicyclic) bond motifs is 10. The van der Waals surface area contributed by atoms with Crippen LogP contribution in [0.2, 0.25) is 0 Å². The molecule has 1 aromatic carbocycles. The van der Waals surface area contributed by atoms with Gasteiger partial charge in [0.25, 0.3) is 5.91 Å². The third-order valence-electron chi connectivity index (χ3n) is 7.78. The van der Waals surface area contributed by atoms with Crippen LogP contribution in [0.15, 0.2) is 42.7 Å². The molecule has 37 heavy (non-hydrogen) atoms. The van der Waals surface area contributed by atoms with Crippen molar-refractivity contribution in [2.75, 3.05) is 6.98 Å². The molecule has 0 spiro atoms. The molecule has 3 atom stereocenters. The Bertz CT molecular complexity index is 1720. The zero-order chi connectivity index (χ0) is 28.1. The van der Waals surface area contributed by atoms with Gasteiger partial charge < -0.3 is 15.4 Å². The Morgan fingerprint density at radius 2 is 2.16 bits per heavy atom. The van der Waals surface area contributed by atoms with E-state index in [1.54, 1.807) is 18.5 Å². The highest BCUT2D eigenvalue weighted by Crippen LogP contribution is 2.53. The number of pyridine rings is 1. The number of halogens is 2. The van der Waals surface area contributed by atoms with Gasteiger partial charge in [0.15, 0.2) is 5.65 Å². The van der Waals surface area contributed by atoms with E-state index in [0.29, 0.717) is 22.6 Å². The third kappa shape index (κ3) is 3.14. The summed E-state index contributed by atoms with van der Waals surface area (Å²) in [6.45, 7) is -3.96. The molecular weight excluding hydrogens is 478 g/mol. The van der Waals surface area contributed by atoms with Crippen LogP contribution < -0.4 is 10.5 Å². The summed E-state index contributed by atoms with van der Waals surface area (Å²) in [6, 6.07) is 7.12. The third-order valence-corrected chi connectivity index (χ3v) is 7.78. The Morgan fingerprint density at radius 3 is 2.97 bits per heavy atom. The van der Waals surface area contributed by atoms with E-state index in [1.165, 1.54) is 22.7 Å². The number of nitrogens with zero attached hydrogens (tertiary/aromatic N) is 5. The van der Waals surface area contributed by atoms with Gasteiger partial charge >= 0.3 is 6.61 Å². The lowest BCUT2D eigenvalue weighted by Gasteiger charge is -2.23. The van der Waals surface area contributed by atoms with Crippen LogP contribution in [-0.4, -0.2) is 44.0 Å². The highest BCUT2D eigenvalue weighted by atomic mass is 19.3. The van der Waals surface area contributed by atoms with Crippen LogP contribution >= 0.6 is 0 Å². The number of carbonyl (C=O) groups is 1. The number of carbonyl (C=O) groups excluding carboxylic acids is 1. The highest BCUT2D eigenvalue weighted by molar-refractivity contribution is 5.98. The molecule has 4 aromatic rings. The number of aryl methyl sites for hydroxylation is 1. The zero-order valence-corrected chi connectivity index (χ0v) is 19.8. The van der Waals surface area contributed by atoms with Gasteiger partial charge in [-0.2, -0.15) is 13.9 Å². The minimum atomic E-state index is -3.13. The van der Waals surface area contributed by atoms with Crippen molar-refractivity contribution in [2.24, 2.45) is 5.73 Å². The summed E-state index contributed by atoms with van der Waals surface area (Å²) in [7, 11) is 0. The number of amides is 1.